The van der Waals surface area contributed by atoms with E-state index < -0.39 is 0 Å². The van der Waals surface area contributed by atoms with Crippen LogP contribution in [-0.2, 0) is 13.6 Å². The number of aromatic nitrogens is 3. The van der Waals surface area contributed by atoms with Crippen molar-refractivity contribution in [1.82, 2.24) is 19.7 Å². The fraction of sp³-hybridized carbons (Fsp3) is 0.375. The van der Waals surface area contributed by atoms with Crippen molar-refractivity contribution >= 4 is 5.57 Å². The molecule has 5 heteroatoms. The van der Waals surface area contributed by atoms with E-state index in [1.807, 2.05) is 30.7 Å². The average molecular weight is 286 g/mol. The van der Waals surface area contributed by atoms with E-state index in [2.05, 4.69) is 21.2 Å². The minimum Gasteiger partial charge on any atom is -0.317 e. The van der Waals surface area contributed by atoms with Gasteiger partial charge in [-0.15, -0.1) is 10.2 Å². The minimum atomic E-state index is -0.138. The highest BCUT2D eigenvalue weighted by atomic mass is 19.1. The van der Waals surface area contributed by atoms with E-state index in [4.69, 9.17) is 0 Å². The summed E-state index contributed by atoms with van der Waals surface area (Å²) in [5.41, 5.74) is 1.82. The Balaban J connectivity index is 1.70. The molecule has 110 valence electrons. The normalized spacial score (nSPS) is 16.0. The van der Waals surface area contributed by atoms with Crippen LogP contribution in [0.2, 0.25) is 0 Å². The smallest absolute Gasteiger partial charge is 0.146 e. The van der Waals surface area contributed by atoms with Crippen LogP contribution in [0.4, 0.5) is 4.39 Å². The third kappa shape index (κ3) is 2.88. The number of hydrogen-bond acceptors (Lipinski definition) is 3. The van der Waals surface area contributed by atoms with Gasteiger partial charge in [0.2, 0.25) is 0 Å². The zero-order valence-corrected chi connectivity index (χ0v) is 12.4. The largest absolute Gasteiger partial charge is 0.317 e. The molecule has 0 saturated carbocycles. The van der Waals surface area contributed by atoms with E-state index in [1.54, 1.807) is 6.07 Å². The van der Waals surface area contributed by atoms with E-state index in [-0.39, 0.29) is 5.82 Å². The molecule has 0 amide bonds. The van der Waals surface area contributed by atoms with Crippen LogP contribution in [0.25, 0.3) is 5.57 Å². The molecule has 0 aliphatic carbocycles. The molecule has 0 bridgehead atoms. The molecule has 0 atom stereocenters. The minimum absolute atomic E-state index is 0.138. The predicted octanol–water partition coefficient (Wildman–Crippen LogP) is 2.55. The summed E-state index contributed by atoms with van der Waals surface area (Å²) >= 11 is 0. The van der Waals surface area contributed by atoms with Gasteiger partial charge in [0.1, 0.15) is 17.5 Å². The molecule has 1 aliphatic heterocycles. The van der Waals surface area contributed by atoms with Crippen molar-refractivity contribution in [2.24, 2.45) is 7.05 Å². The zero-order chi connectivity index (χ0) is 14.8. The molecule has 1 aromatic carbocycles. The summed E-state index contributed by atoms with van der Waals surface area (Å²) in [4.78, 5) is 2.30. The Morgan fingerprint density at radius 2 is 2.05 bits per heavy atom. The lowest BCUT2D eigenvalue weighted by atomic mass is 9.99. The van der Waals surface area contributed by atoms with Crippen LogP contribution in [0.3, 0.4) is 0 Å². The van der Waals surface area contributed by atoms with Crippen molar-refractivity contribution in [3.8, 4) is 0 Å². The van der Waals surface area contributed by atoms with Crippen molar-refractivity contribution < 1.29 is 4.39 Å². The highest BCUT2D eigenvalue weighted by molar-refractivity contribution is 5.66. The first-order valence-corrected chi connectivity index (χ1v) is 7.16. The highest BCUT2D eigenvalue weighted by Crippen LogP contribution is 2.25. The van der Waals surface area contributed by atoms with E-state index in [9.17, 15) is 4.39 Å². The SMILES string of the molecule is Cc1nnc(CN2CC=C(c3ccccc3F)CC2)n1C. The third-order valence-electron chi connectivity index (χ3n) is 4.06. The summed E-state index contributed by atoms with van der Waals surface area (Å²) < 4.78 is 15.8. The van der Waals surface area contributed by atoms with Gasteiger partial charge < -0.3 is 4.57 Å². The van der Waals surface area contributed by atoms with Gasteiger partial charge in [-0.05, 0) is 25.0 Å². The van der Waals surface area contributed by atoms with Gasteiger partial charge in [0.05, 0.1) is 6.54 Å². The molecule has 2 heterocycles. The maximum Gasteiger partial charge on any atom is 0.146 e. The van der Waals surface area contributed by atoms with Crippen molar-refractivity contribution in [2.45, 2.75) is 19.9 Å². The second-order valence-corrected chi connectivity index (χ2v) is 5.42. The summed E-state index contributed by atoms with van der Waals surface area (Å²) in [5.74, 6) is 1.75. The monoisotopic (exact) mass is 286 g/mol. The number of benzene rings is 1. The van der Waals surface area contributed by atoms with Crippen molar-refractivity contribution in [1.29, 1.82) is 0 Å². The fourth-order valence-electron chi connectivity index (χ4n) is 2.61. The van der Waals surface area contributed by atoms with Crippen LogP contribution in [0.1, 0.15) is 23.6 Å². The molecule has 0 radical (unpaired) electrons. The van der Waals surface area contributed by atoms with Crippen molar-refractivity contribution in [3.05, 3.63) is 53.4 Å². The van der Waals surface area contributed by atoms with Gasteiger partial charge in [-0.1, -0.05) is 24.3 Å². The molecule has 4 nitrogen and oxygen atoms in total. The summed E-state index contributed by atoms with van der Waals surface area (Å²) in [7, 11) is 1.98. The molecule has 1 aliphatic rings. The zero-order valence-electron chi connectivity index (χ0n) is 12.4. The lowest BCUT2D eigenvalue weighted by molar-refractivity contribution is 0.282. The Morgan fingerprint density at radius 3 is 2.67 bits per heavy atom. The lowest BCUT2D eigenvalue weighted by Crippen LogP contribution is -2.29. The Kier molecular flexibility index (Phi) is 3.84. The van der Waals surface area contributed by atoms with Crippen LogP contribution < -0.4 is 0 Å². The quantitative estimate of drug-likeness (QED) is 0.869. The maximum absolute atomic E-state index is 13.8. The number of rotatable bonds is 3. The topological polar surface area (TPSA) is 34.0 Å². The van der Waals surface area contributed by atoms with Gasteiger partial charge in [0.25, 0.3) is 0 Å². The second kappa shape index (κ2) is 5.77. The van der Waals surface area contributed by atoms with Crippen LogP contribution in [0.5, 0.6) is 0 Å². The Labute approximate surface area is 123 Å². The summed E-state index contributed by atoms with van der Waals surface area (Å²) in [5, 5.41) is 8.27. The highest BCUT2D eigenvalue weighted by Gasteiger charge is 2.17. The molecule has 0 unspecified atom stereocenters. The van der Waals surface area contributed by atoms with Gasteiger partial charge in [0, 0.05) is 25.7 Å². The third-order valence-corrected chi connectivity index (χ3v) is 4.06. The lowest BCUT2D eigenvalue weighted by Gasteiger charge is -2.26. The van der Waals surface area contributed by atoms with Crippen LogP contribution in [0.15, 0.2) is 30.3 Å². The van der Waals surface area contributed by atoms with E-state index >= 15 is 0 Å². The van der Waals surface area contributed by atoms with Gasteiger partial charge in [0.15, 0.2) is 0 Å². The molecular formula is C16H19FN4. The molecule has 0 spiro atoms. The standard InChI is InChI=1S/C16H19FN4/c1-12-18-19-16(20(12)2)11-21-9-7-13(8-10-21)14-5-3-4-6-15(14)17/h3-7H,8-11H2,1-2H3. The van der Waals surface area contributed by atoms with Gasteiger partial charge >= 0.3 is 0 Å². The van der Waals surface area contributed by atoms with Crippen molar-refractivity contribution in [2.75, 3.05) is 13.1 Å². The molecule has 0 fully saturated rings. The number of halogens is 1. The molecule has 2 aromatic rings. The second-order valence-electron chi connectivity index (χ2n) is 5.42. The molecule has 0 N–H and O–H groups in total. The van der Waals surface area contributed by atoms with Gasteiger partial charge in [-0.25, -0.2) is 4.39 Å². The predicted molar refractivity (Wildman–Crippen MR) is 80.0 cm³/mol. The van der Waals surface area contributed by atoms with E-state index in [0.29, 0.717) is 0 Å². The summed E-state index contributed by atoms with van der Waals surface area (Å²) in [6.07, 6.45) is 2.98. The summed E-state index contributed by atoms with van der Waals surface area (Å²) in [6, 6.07) is 6.98. The summed E-state index contributed by atoms with van der Waals surface area (Å²) in [6.45, 7) is 4.45. The molecule has 1 aromatic heterocycles. The number of hydrogen-bond donors (Lipinski definition) is 0. The first-order chi connectivity index (χ1) is 10.1. The Morgan fingerprint density at radius 1 is 1.24 bits per heavy atom. The molecular weight excluding hydrogens is 267 g/mol. The Hall–Kier alpha value is -2.01. The van der Waals surface area contributed by atoms with Gasteiger partial charge in [-0.3, -0.25) is 4.90 Å². The van der Waals surface area contributed by atoms with Crippen LogP contribution >= 0.6 is 0 Å². The van der Waals surface area contributed by atoms with E-state index in [1.165, 1.54) is 6.07 Å². The van der Waals surface area contributed by atoms with E-state index in [0.717, 1.165) is 48.8 Å². The average Bonchev–Trinajstić information content (AvgIpc) is 2.81. The first-order valence-electron chi connectivity index (χ1n) is 7.16. The fourth-order valence-corrected chi connectivity index (χ4v) is 2.61. The number of nitrogens with zero attached hydrogens (tertiary/aromatic N) is 4. The van der Waals surface area contributed by atoms with Gasteiger partial charge in [-0.2, -0.15) is 0 Å². The van der Waals surface area contributed by atoms with Crippen molar-refractivity contribution in [3.63, 3.8) is 0 Å². The molecule has 3 rings (SSSR count). The molecule has 0 saturated heterocycles. The number of aryl methyl sites for hydroxylation is 1. The van der Waals surface area contributed by atoms with Crippen LogP contribution in [0, 0.1) is 12.7 Å². The maximum atomic E-state index is 13.8. The Bertz CT molecular complexity index is 675. The van der Waals surface area contributed by atoms with Crippen LogP contribution in [-0.4, -0.2) is 32.8 Å². The molecule has 21 heavy (non-hydrogen) atoms. The first kappa shape index (κ1) is 13.9.